The molecule has 15 rings (SSSR count). The summed E-state index contributed by atoms with van der Waals surface area (Å²) in [5.74, 6) is 0. The molecule has 0 spiro atoms. The van der Waals surface area contributed by atoms with Gasteiger partial charge < -0.3 is 19.6 Å². The van der Waals surface area contributed by atoms with Crippen molar-refractivity contribution in [3.05, 3.63) is 217 Å². The van der Waals surface area contributed by atoms with Crippen molar-refractivity contribution in [2.24, 2.45) is 0 Å². The summed E-state index contributed by atoms with van der Waals surface area (Å²) < 4.78 is 0. The fourth-order valence-corrected chi connectivity index (χ4v) is 14.5. The number of anilines is 12. The third-order valence-corrected chi connectivity index (χ3v) is 17.5. The molecule has 0 N–H and O–H groups in total. The average molecular weight is 955 g/mol. The average Bonchev–Trinajstić information content (AvgIpc) is 3.85. The number of para-hydroxylation sites is 2. The number of fused-ring (bicyclic) bond motifs is 11. The summed E-state index contributed by atoms with van der Waals surface area (Å²) in [4.78, 5) is 13.1. The van der Waals surface area contributed by atoms with Crippen LogP contribution in [0, 0.1) is 0 Å². The van der Waals surface area contributed by atoms with E-state index >= 15 is 0 Å². The second kappa shape index (κ2) is 16.8. The lowest BCUT2D eigenvalue weighted by molar-refractivity contribution is 0.795. The van der Waals surface area contributed by atoms with E-state index in [0.29, 0.717) is 0 Å². The van der Waals surface area contributed by atoms with Crippen LogP contribution >= 0.6 is 11.3 Å². The zero-order valence-corrected chi connectivity index (χ0v) is 42.0. The van der Waals surface area contributed by atoms with Crippen LogP contribution in [0.15, 0.2) is 206 Å². The molecule has 0 saturated heterocycles. The summed E-state index contributed by atoms with van der Waals surface area (Å²) >= 11 is 1.93. The van der Waals surface area contributed by atoms with Gasteiger partial charge in [0.1, 0.15) is 0 Å². The quantitative estimate of drug-likeness (QED) is 0.127. The topological polar surface area (TPSA) is 13.0 Å². The highest BCUT2D eigenvalue weighted by Gasteiger charge is 2.53. The van der Waals surface area contributed by atoms with Crippen molar-refractivity contribution in [1.82, 2.24) is 0 Å². The minimum Gasteiger partial charge on any atom is -0.311 e. The summed E-state index contributed by atoms with van der Waals surface area (Å²) in [6.07, 6.45) is 6.80. The van der Waals surface area contributed by atoms with Gasteiger partial charge in [0.25, 0.3) is 13.4 Å². The Morgan fingerprint density at radius 1 is 0.342 bits per heavy atom. The first-order chi connectivity index (χ1) is 36.2. The predicted octanol–water partition coefficient (Wildman–Crippen LogP) is 14.2. The second-order valence-electron chi connectivity index (χ2n) is 20.4. The Morgan fingerprint density at radius 2 is 0.767 bits per heavy atom. The monoisotopic (exact) mass is 954 g/mol. The maximum atomic E-state index is 2.73. The molecule has 0 atom stereocenters. The summed E-state index contributed by atoms with van der Waals surface area (Å²) in [5, 5.41) is 0. The van der Waals surface area contributed by atoms with Gasteiger partial charge in [-0.05, 0) is 141 Å². The van der Waals surface area contributed by atoms with Gasteiger partial charge in [-0.3, -0.25) is 0 Å². The minimum absolute atomic E-state index is 0.00864. The van der Waals surface area contributed by atoms with Gasteiger partial charge in [0.05, 0.1) is 32.5 Å². The van der Waals surface area contributed by atoms with E-state index < -0.39 is 0 Å². The first-order valence-corrected chi connectivity index (χ1v) is 27.3. The highest BCUT2D eigenvalue weighted by atomic mass is 32.1. The van der Waals surface area contributed by atoms with Crippen molar-refractivity contribution in [2.45, 2.75) is 52.4 Å². The number of hydrogen-bond donors (Lipinski definition) is 0. The number of benzene rings is 9. The van der Waals surface area contributed by atoms with Crippen LogP contribution in [0.2, 0.25) is 0 Å². The molecule has 0 fully saturated rings. The molecular weight excluding hydrogens is 902 g/mol. The normalized spacial score (nSPS) is 13.8. The van der Waals surface area contributed by atoms with Crippen molar-refractivity contribution < 1.29 is 0 Å². The van der Waals surface area contributed by atoms with Gasteiger partial charge in [0.15, 0.2) is 0 Å². The molecule has 0 bridgehead atoms. The van der Waals surface area contributed by atoms with Gasteiger partial charge >= 0.3 is 0 Å². The van der Waals surface area contributed by atoms with Gasteiger partial charge in [-0.1, -0.05) is 172 Å². The van der Waals surface area contributed by atoms with E-state index in [1.807, 2.05) is 11.3 Å². The van der Waals surface area contributed by atoms with Crippen LogP contribution in [0.1, 0.15) is 50.7 Å². The molecular formula is C66H52B2N4S. The Kier molecular flexibility index (Phi) is 9.82. The Bertz CT molecular complexity index is 3820. The molecule has 9 aromatic carbocycles. The Morgan fingerprint density at radius 3 is 1.27 bits per heavy atom. The van der Waals surface area contributed by atoms with Crippen molar-refractivity contribution in [1.29, 1.82) is 0 Å². The molecule has 0 aliphatic carbocycles. The molecule has 73 heavy (non-hydrogen) atoms. The van der Waals surface area contributed by atoms with E-state index in [9.17, 15) is 0 Å². The largest absolute Gasteiger partial charge is 0.311 e. The molecule has 10 aromatic rings. The van der Waals surface area contributed by atoms with Gasteiger partial charge in [0.2, 0.25) is 0 Å². The highest BCUT2D eigenvalue weighted by Crippen LogP contribution is 2.64. The van der Waals surface area contributed by atoms with Crippen LogP contribution in [-0.4, -0.2) is 13.4 Å². The Labute approximate surface area is 433 Å². The molecule has 348 valence electrons. The molecule has 4 nitrogen and oxygen atoms in total. The standard InChI is InChI=1S/C66H52B2N4S/c1-3-5-21-43-36-40-53-52(41-43)68-51-39-38-50-61-62(51)72(57-34-19-31-54(60(57)68)69(53)47-27-15-9-16-28-47)64-63(65(45-23-11-7-12-24-45)73-66(64)46-25-13-8-14-26-46)71(61)56-33-20-32-55-59(56)67(50)49-37-35-44(22-6-4-2)42-58(49)70(55)48-29-17-10-18-30-48/h7-20,23-42H,3-6,21-22H2,1-2H3. The zero-order valence-electron chi connectivity index (χ0n) is 41.2. The van der Waals surface area contributed by atoms with Gasteiger partial charge in [-0.15, -0.1) is 11.3 Å². The van der Waals surface area contributed by atoms with Gasteiger partial charge in [-0.2, -0.15) is 0 Å². The third-order valence-electron chi connectivity index (χ3n) is 16.3. The summed E-state index contributed by atoms with van der Waals surface area (Å²) in [6, 6.07) is 78.6. The van der Waals surface area contributed by atoms with E-state index in [0.717, 1.165) is 19.3 Å². The molecule has 7 heteroatoms. The van der Waals surface area contributed by atoms with Crippen molar-refractivity contribution >= 4 is 126 Å². The highest BCUT2D eigenvalue weighted by molar-refractivity contribution is 7.20. The lowest BCUT2D eigenvalue weighted by atomic mass is 9.31. The van der Waals surface area contributed by atoms with Gasteiger partial charge in [-0.25, -0.2) is 0 Å². The van der Waals surface area contributed by atoms with Crippen LogP contribution < -0.4 is 52.4 Å². The zero-order chi connectivity index (χ0) is 48.3. The number of aryl methyl sites for hydroxylation is 2. The number of nitrogens with zero attached hydrogens (tertiary/aromatic N) is 4. The van der Waals surface area contributed by atoms with E-state index in [-0.39, 0.29) is 13.4 Å². The van der Waals surface area contributed by atoms with Crippen LogP contribution in [-0.2, 0) is 12.8 Å². The number of rotatable bonds is 10. The first-order valence-electron chi connectivity index (χ1n) is 26.5. The van der Waals surface area contributed by atoms with Crippen LogP contribution in [0.25, 0.3) is 20.9 Å². The molecule has 0 saturated carbocycles. The van der Waals surface area contributed by atoms with Gasteiger partial charge in [0, 0.05) is 45.5 Å². The number of thiophene rings is 1. The molecule has 5 aliphatic rings. The summed E-state index contributed by atoms with van der Waals surface area (Å²) in [7, 11) is 0. The van der Waals surface area contributed by atoms with Crippen LogP contribution in [0.3, 0.4) is 0 Å². The lowest BCUT2D eigenvalue weighted by Crippen LogP contribution is -2.65. The maximum Gasteiger partial charge on any atom is 0.252 e. The van der Waals surface area contributed by atoms with Crippen molar-refractivity contribution in [2.75, 3.05) is 19.6 Å². The van der Waals surface area contributed by atoms with Crippen molar-refractivity contribution in [3.8, 4) is 20.9 Å². The SMILES string of the molecule is CCCCc1ccc2c(c1)B1c3ccc4c5c3N(c3cccc(c31)N2c1ccccc1)c1c(-c2ccccc2)sc(-c2ccccc2)c1N5c1cccc2c1B4c1ccc(CCCC)cc1N2c1ccccc1. The first kappa shape index (κ1) is 42.7. The van der Waals surface area contributed by atoms with E-state index in [1.54, 1.807) is 0 Å². The Balaban J connectivity index is 1.08. The minimum atomic E-state index is 0.00864. The summed E-state index contributed by atoms with van der Waals surface area (Å²) in [5.41, 5.74) is 28.4. The van der Waals surface area contributed by atoms with E-state index in [1.165, 1.54) is 152 Å². The predicted molar refractivity (Wildman–Crippen MR) is 314 cm³/mol. The summed E-state index contributed by atoms with van der Waals surface area (Å²) in [6.45, 7) is 4.62. The number of unbranched alkanes of at least 4 members (excludes halogenated alkanes) is 2. The molecule has 0 radical (unpaired) electrons. The van der Waals surface area contributed by atoms with Crippen LogP contribution in [0.5, 0.6) is 0 Å². The van der Waals surface area contributed by atoms with Crippen LogP contribution in [0.4, 0.5) is 68.2 Å². The van der Waals surface area contributed by atoms with E-state index in [4.69, 9.17) is 0 Å². The van der Waals surface area contributed by atoms with Crippen molar-refractivity contribution in [3.63, 3.8) is 0 Å². The smallest absolute Gasteiger partial charge is 0.252 e. The maximum absolute atomic E-state index is 2.73. The lowest BCUT2D eigenvalue weighted by Gasteiger charge is -2.51. The Hall–Kier alpha value is -7.99. The molecule has 1 aromatic heterocycles. The fourth-order valence-electron chi connectivity index (χ4n) is 13.2. The molecule has 0 unspecified atom stereocenters. The fraction of sp³-hybridized carbons (Fsp3) is 0.121. The molecule has 0 amide bonds. The number of hydrogen-bond acceptors (Lipinski definition) is 5. The molecule has 5 aliphatic heterocycles. The molecule has 6 heterocycles. The second-order valence-corrected chi connectivity index (χ2v) is 21.4. The third kappa shape index (κ3) is 6.21. The van der Waals surface area contributed by atoms with E-state index in [2.05, 4.69) is 240 Å².